The van der Waals surface area contributed by atoms with Gasteiger partial charge in [0.15, 0.2) is 0 Å². The summed E-state index contributed by atoms with van der Waals surface area (Å²) in [4.78, 5) is 4.08. The second-order valence-electron chi connectivity index (χ2n) is 4.02. The van der Waals surface area contributed by atoms with Gasteiger partial charge in [-0.05, 0) is 30.2 Å². The number of aromatic nitrogens is 1. The van der Waals surface area contributed by atoms with E-state index >= 15 is 0 Å². The Labute approximate surface area is 106 Å². The minimum atomic E-state index is 0.452. The van der Waals surface area contributed by atoms with Crippen molar-refractivity contribution < 1.29 is 9.47 Å². The van der Waals surface area contributed by atoms with Crippen LogP contribution in [0.3, 0.4) is 0 Å². The van der Waals surface area contributed by atoms with Gasteiger partial charge in [0.1, 0.15) is 12.4 Å². The lowest BCUT2D eigenvalue weighted by Crippen LogP contribution is -1.99. The number of nitrogens with two attached hydrogens (primary N) is 1. The summed E-state index contributed by atoms with van der Waals surface area (Å²) in [5.74, 6) is 1.42. The van der Waals surface area contributed by atoms with E-state index in [0.717, 1.165) is 16.9 Å². The molecular weight excluding hydrogens is 228 g/mol. The van der Waals surface area contributed by atoms with E-state index in [4.69, 9.17) is 15.2 Å². The highest BCUT2D eigenvalue weighted by Crippen LogP contribution is 2.20. The predicted molar refractivity (Wildman–Crippen MR) is 70.7 cm³/mol. The van der Waals surface area contributed by atoms with Gasteiger partial charge in [0.25, 0.3) is 0 Å². The molecule has 0 radical (unpaired) electrons. The Morgan fingerprint density at radius 1 is 1.22 bits per heavy atom. The van der Waals surface area contributed by atoms with E-state index in [9.17, 15) is 0 Å². The zero-order chi connectivity index (χ0) is 13.0. The standard InChI is InChI=1S/C14H16N2O2/c1-10-3-4-11(7-13(10)17-2)9-18-14-6-5-12(15)8-16-14/h3-8H,9,15H2,1-2H3. The number of methoxy groups -OCH3 is 1. The quantitative estimate of drug-likeness (QED) is 0.898. The lowest BCUT2D eigenvalue weighted by molar-refractivity contribution is 0.293. The highest BCUT2D eigenvalue weighted by atomic mass is 16.5. The van der Waals surface area contributed by atoms with Crippen molar-refractivity contribution in [2.24, 2.45) is 0 Å². The number of anilines is 1. The van der Waals surface area contributed by atoms with Gasteiger partial charge in [-0.15, -0.1) is 0 Å². The lowest BCUT2D eigenvalue weighted by Gasteiger charge is -2.09. The third kappa shape index (κ3) is 2.91. The number of aryl methyl sites for hydroxylation is 1. The summed E-state index contributed by atoms with van der Waals surface area (Å²) in [5, 5.41) is 0. The van der Waals surface area contributed by atoms with Gasteiger partial charge in [-0.3, -0.25) is 0 Å². The first-order valence-corrected chi connectivity index (χ1v) is 5.67. The molecule has 4 nitrogen and oxygen atoms in total. The van der Waals surface area contributed by atoms with Gasteiger partial charge in [-0.1, -0.05) is 12.1 Å². The first-order chi connectivity index (χ1) is 8.69. The average Bonchev–Trinajstić information content (AvgIpc) is 2.39. The van der Waals surface area contributed by atoms with Crippen molar-refractivity contribution in [3.63, 3.8) is 0 Å². The van der Waals surface area contributed by atoms with Crippen LogP contribution in [0.1, 0.15) is 11.1 Å². The van der Waals surface area contributed by atoms with Crippen molar-refractivity contribution in [2.45, 2.75) is 13.5 Å². The lowest BCUT2D eigenvalue weighted by atomic mass is 10.1. The van der Waals surface area contributed by atoms with Gasteiger partial charge in [-0.25, -0.2) is 4.98 Å². The van der Waals surface area contributed by atoms with Crippen LogP contribution in [0.15, 0.2) is 36.5 Å². The molecule has 0 saturated carbocycles. The number of pyridine rings is 1. The van der Waals surface area contributed by atoms with Gasteiger partial charge >= 0.3 is 0 Å². The van der Waals surface area contributed by atoms with E-state index in [1.165, 1.54) is 0 Å². The fourth-order valence-electron chi connectivity index (χ4n) is 1.59. The normalized spacial score (nSPS) is 10.1. The third-order valence-corrected chi connectivity index (χ3v) is 2.62. The fourth-order valence-corrected chi connectivity index (χ4v) is 1.59. The van der Waals surface area contributed by atoms with Crippen molar-refractivity contribution in [2.75, 3.05) is 12.8 Å². The number of hydrogen-bond acceptors (Lipinski definition) is 4. The van der Waals surface area contributed by atoms with Crippen LogP contribution in [0.5, 0.6) is 11.6 Å². The summed E-state index contributed by atoms with van der Waals surface area (Å²) in [6, 6.07) is 9.49. The van der Waals surface area contributed by atoms with Crippen LogP contribution < -0.4 is 15.2 Å². The number of ether oxygens (including phenoxy) is 2. The molecule has 0 atom stereocenters. The van der Waals surface area contributed by atoms with Crippen LogP contribution in [-0.2, 0) is 6.61 Å². The molecule has 0 aliphatic heterocycles. The van der Waals surface area contributed by atoms with Crippen molar-refractivity contribution in [1.82, 2.24) is 4.98 Å². The third-order valence-electron chi connectivity index (χ3n) is 2.62. The number of hydrogen-bond donors (Lipinski definition) is 1. The summed E-state index contributed by atoms with van der Waals surface area (Å²) in [5.41, 5.74) is 8.32. The van der Waals surface area contributed by atoms with Crippen LogP contribution in [0.25, 0.3) is 0 Å². The SMILES string of the molecule is COc1cc(COc2ccc(N)cn2)ccc1C. The number of nitrogen functional groups attached to an aromatic ring is 1. The molecule has 0 aliphatic rings. The molecule has 0 unspecified atom stereocenters. The Kier molecular flexibility index (Phi) is 3.67. The van der Waals surface area contributed by atoms with Gasteiger partial charge < -0.3 is 15.2 Å². The monoisotopic (exact) mass is 244 g/mol. The molecule has 0 fully saturated rings. The average molecular weight is 244 g/mol. The minimum absolute atomic E-state index is 0.452. The van der Waals surface area contributed by atoms with E-state index < -0.39 is 0 Å². The largest absolute Gasteiger partial charge is 0.496 e. The van der Waals surface area contributed by atoms with Crippen LogP contribution >= 0.6 is 0 Å². The number of rotatable bonds is 4. The Balaban J connectivity index is 2.04. The molecule has 1 heterocycles. The van der Waals surface area contributed by atoms with Crippen LogP contribution in [0.2, 0.25) is 0 Å². The van der Waals surface area contributed by atoms with Crippen LogP contribution in [0, 0.1) is 6.92 Å². The summed E-state index contributed by atoms with van der Waals surface area (Å²) in [7, 11) is 1.66. The maximum absolute atomic E-state index is 5.56. The van der Waals surface area contributed by atoms with Gasteiger partial charge in [0.05, 0.1) is 19.0 Å². The van der Waals surface area contributed by atoms with Crippen LogP contribution in [0.4, 0.5) is 5.69 Å². The molecule has 2 N–H and O–H groups in total. The summed E-state index contributed by atoms with van der Waals surface area (Å²) >= 11 is 0. The van der Waals surface area contributed by atoms with Gasteiger partial charge in [0, 0.05) is 6.07 Å². The second kappa shape index (κ2) is 5.40. The maximum Gasteiger partial charge on any atom is 0.213 e. The van der Waals surface area contributed by atoms with Crippen molar-refractivity contribution >= 4 is 5.69 Å². The summed E-state index contributed by atoms with van der Waals surface area (Å²) < 4.78 is 10.8. The van der Waals surface area contributed by atoms with Crippen molar-refractivity contribution in [3.8, 4) is 11.6 Å². The Hall–Kier alpha value is -2.23. The molecule has 94 valence electrons. The van der Waals surface area contributed by atoms with Gasteiger partial charge in [-0.2, -0.15) is 0 Å². The highest BCUT2D eigenvalue weighted by molar-refractivity contribution is 5.37. The Morgan fingerprint density at radius 3 is 2.72 bits per heavy atom. The Bertz CT molecular complexity index is 524. The summed E-state index contributed by atoms with van der Waals surface area (Å²) in [6.45, 7) is 2.46. The molecule has 1 aromatic carbocycles. The number of benzene rings is 1. The first kappa shape index (κ1) is 12.2. The molecular formula is C14H16N2O2. The number of nitrogens with zero attached hydrogens (tertiary/aromatic N) is 1. The molecule has 1 aromatic heterocycles. The van der Waals surface area contributed by atoms with E-state index in [1.54, 1.807) is 25.4 Å². The van der Waals surface area contributed by atoms with Crippen LogP contribution in [-0.4, -0.2) is 12.1 Å². The maximum atomic E-state index is 5.56. The van der Waals surface area contributed by atoms with E-state index in [2.05, 4.69) is 4.98 Å². The first-order valence-electron chi connectivity index (χ1n) is 5.67. The molecule has 0 spiro atoms. The molecule has 0 saturated heterocycles. The zero-order valence-corrected chi connectivity index (χ0v) is 10.5. The molecule has 0 aliphatic carbocycles. The molecule has 4 heteroatoms. The van der Waals surface area contributed by atoms with E-state index in [-0.39, 0.29) is 0 Å². The molecule has 0 bridgehead atoms. The Morgan fingerprint density at radius 2 is 2.06 bits per heavy atom. The van der Waals surface area contributed by atoms with E-state index in [0.29, 0.717) is 18.2 Å². The smallest absolute Gasteiger partial charge is 0.213 e. The predicted octanol–water partition coefficient (Wildman–Crippen LogP) is 2.56. The zero-order valence-electron chi connectivity index (χ0n) is 10.5. The fraction of sp³-hybridized carbons (Fsp3) is 0.214. The topological polar surface area (TPSA) is 57.4 Å². The molecule has 2 rings (SSSR count). The van der Waals surface area contributed by atoms with E-state index in [1.807, 2.05) is 25.1 Å². The minimum Gasteiger partial charge on any atom is -0.496 e. The van der Waals surface area contributed by atoms with Gasteiger partial charge in [0.2, 0.25) is 5.88 Å². The molecule has 18 heavy (non-hydrogen) atoms. The van der Waals surface area contributed by atoms with Crippen molar-refractivity contribution in [1.29, 1.82) is 0 Å². The highest BCUT2D eigenvalue weighted by Gasteiger charge is 2.02. The second-order valence-corrected chi connectivity index (χ2v) is 4.02. The van der Waals surface area contributed by atoms with Crippen molar-refractivity contribution in [3.05, 3.63) is 47.7 Å². The summed E-state index contributed by atoms with van der Waals surface area (Å²) in [6.07, 6.45) is 1.57. The molecule has 2 aromatic rings. The molecule has 0 amide bonds.